The SMILES string of the molecule is CCC(=C(O)[C@@H](O)C(O)[C@@H](O)C(O)=C(CC)c1ccccc1)c1ccccc1. The molecule has 28 heavy (non-hydrogen) atoms. The first-order chi connectivity index (χ1) is 13.4. The summed E-state index contributed by atoms with van der Waals surface area (Å²) in [4.78, 5) is 0. The third kappa shape index (κ3) is 4.81. The van der Waals surface area contributed by atoms with E-state index in [1.165, 1.54) is 0 Å². The van der Waals surface area contributed by atoms with Gasteiger partial charge in [-0.3, -0.25) is 0 Å². The zero-order valence-corrected chi connectivity index (χ0v) is 16.2. The number of allylic oxidation sites excluding steroid dienone is 2. The molecule has 150 valence electrons. The molecule has 5 nitrogen and oxygen atoms in total. The van der Waals surface area contributed by atoms with Gasteiger partial charge in [-0.2, -0.15) is 0 Å². The van der Waals surface area contributed by atoms with Gasteiger partial charge in [0.15, 0.2) is 0 Å². The minimum atomic E-state index is -1.80. The van der Waals surface area contributed by atoms with Crippen LogP contribution in [-0.2, 0) is 0 Å². The smallest absolute Gasteiger partial charge is 0.140 e. The van der Waals surface area contributed by atoms with Gasteiger partial charge in [-0.15, -0.1) is 0 Å². The van der Waals surface area contributed by atoms with Gasteiger partial charge in [-0.25, -0.2) is 0 Å². The molecule has 0 aliphatic carbocycles. The van der Waals surface area contributed by atoms with Gasteiger partial charge in [0.05, 0.1) is 0 Å². The van der Waals surface area contributed by atoms with Crippen LogP contribution in [0.25, 0.3) is 11.1 Å². The molecule has 0 aliphatic rings. The zero-order valence-electron chi connectivity index (χ0n) is 16.2. The minimum Gasteiger partial charge on any atom is -0.509 e. The monoisotopic (exact) mass is 384 g/mol. The molecule has 0 bridgehead atoms. The summed E-state index contributed by atoms with van der Waals surface area (Å²) in [5.41, 5.74) is 2.34. The van der Waals surface area contributed by atoms with Crippen LogP contribution in [0.3, 0.4) is 0 Å². The van der Waals surface area contributed by atoms with Crippen molar-refractivity contribution in [2.75, 3.05) is 0 Å². The molecule has 0 aromatic heterocycles. The van der Waals surface area contributed by atoms with Crippen LogP contribution in [-0.4, -0.2) is 43.8 Å². The summed E-state index contributed by atoms with van der Waals surface area (Å²) in [6.45, 7) is 3.63. The maximum absolute atomic E-state index is 10.5. The Hall–Kier alpha value is -2.60. The van der Waals surface area contributed by atoms with Crippen LogP contribution in [0.5, 0.6) is 0 Å². The summed E-state index contributed by atoms with van der Waals surface area (Å²) in [7, 11) is 0. The largest absolute Gasteiger partial charge is 0.509 e. The van der Waals surface area contributed by atoms with Gasteiger partial charge in [0.1, 0.15) is 29.8 Å². The highest BCUT2D eigenvalue weighted by molar-refractivity contribution is 5.69. The van der Waals surface area contributed by atoms with Crippen LogP contribution in [0.2, 0.25) is 0 Å². The second-order valence-corrected chi connectivity index (χ2v) is 6.55. The van der Waals surface area contributed by atoms with Crippen molar-refractivity contribution in [3.63, 3.8) is 0 Å². The Labute approximate surface area is 165 Å². The topological polar surface area (TPSA) is 101 Å². The molecule has 2 rings (SSSR count). The highest BCUT2D eigenvalue weighted by Gasteiger charge is 2.33. The standard InChI is InChI=1S/C23H28O5/c1-3-17(15-11-7-5-8-12-15)19(24)21(26)23(28)22(27)20(25)18(4-2)16-13-9-6-10-14-16/h5-14,21-28H,3-4H2,1-2H3/t21-,22+,23?. The lowest BCUT2D eigenvalue weighted by atomic mass is 9.93. The number of hydrogen-bond acceptors (Lipinski definition) is 5. The van der Waals surface area contributed by atoms with Crippen LogP contribution < -0.4 is 0 Å². The van der Waals surface area contributed by atoms with E-state index in [0.29, 0.717) is 35.1 Å². The molecule has 0 amide bonds. The predicted molar refractivity (Wildman–Crippen MR) is 111 cm³/mol. The molecule has 0 saturated heterocycles. The third-order valence-corrected chi connectivity index (χ3v) is 4.78. The van der Waals surface area contributed by atoms with Crippen molar-refractivity contribution >= 4 is 11.1 Å². The van der Waals surface area contributed by atoms with Gasteiger partial charge in [0.2, 0.25) is 0 Å². The fourth-order valence-corrected chi connectivity index (χ4v) is 3.20. The van der Waals surface area contributed by atoms with E-state index in [2.05, 4.69) is 0 Å². The van der Waals surface area contributed by atoms with Crippen molar-refractivity contribution in [3.8, 4) is 0 Å². The molecule has 0 heterocycles. The molecular formula is C23H28O5. The van der Waals surface area contributed by atoms with Gasteiger partial charge in [-0.1, -0.05) is 74.5 Å². The predicted octanol–water partition coefficient (Wildman–Crippen LogP) is 3.83. The Morgan fingerprint density at radius 3 is 1.25 bits per heavy atom. The number of hydrogen-bond donors (Lipinski definition) is 5. The Morgan fingerprint density at radius 1 is 0.643 bits per heavy atom. The molecule has 5 heteroatoms. The molecular weight excluding hydrogens is 356 g/mol. The van der Waals surface area contributed by atoms with Crippen molar-refractivity contribution in [1.82, 2.24) is 0 Å². The highest BCUT2D eigenvalue weighted by atomic mass is 16.4. The van der Waals surface area contributed by atoms with Gasteiger partial charge < -0.3 is 25.5 Å². The van der Waals surface area contributed by atoms with Crippen molar-refractivity contribution in [1.29, 1.82) is 0 Å². The number of benzene rings is 2. The average molecular weight is 384 g/mol. The summed E-state index contributed by atoms with van der Waals surface area (Å²) in [6.07, 6.45) is -4.46. The van der Waals surface area contributed by atoms with E-state index in [9.17, 15) is 25.5 Å². The van der Waals surface area contributed by atoms with Crippen molar-refractivity contribution in [3.05, 3.63) is 83.3 Å². The van der Waals surface area contributed by atoms with E-state index in [1.54, 1.807) is 48.5 Å². The number of aliphatic hydroxyl groups is 5. The third-order valence-electron chi connectivity index (χ3n) is 4.78. The summed E-state index contributed by atoms with van der Waals surface area (Å²) >= 11 is 0. The Bertz CT molecular complexity index is 742. The first kappa shape index (κ1) is 21.7. The van der Waals surface area contributed by atoms with Crippen LogP contribution in [0.1, 0.15) is 37.8 Å². The van der Waals surface area contributed by atoms with Crippen LogP contribution >= 0.6 is 0 Å². The summed E-state index contributed by atoms with van der Waals surface area (Å²) in [5.74, 6) is -0.850. The molecule has 3 atom stereocenters. The quantitative estimate of drug-likeness (QED) is 0.445. The maximum atomic E-state index is 10.5. The molecule has 2 aromatic carbocycles. The Kier molecular flexibility index (Phi) is 7.81. The van der Waals surface area contributed by atoms with E-state index in [0.717, 1.165) is 0 Å². The second-order valence-electron chi connectivity index (χ2n) is 6.55. The maximum Gasteiger partial charge on any atom is 0.140 e. The number of aliphatic hydroxyl groups excluding tert-OH is 5. The lowest BCUT2D eigenvalue weighted by Crippen LogP contribution is -2.40. The Balaban J connectivity index is 2.34. The lowest BCUT2D eigenvalue weighted by molar-refractivity contribution is -0.0547. The molecule has 0 radical (unpaired) electrons. The Morgan fingerprint density at radius 2 is 0.964 bits per heavy atom. The zero-order chi connectivity index (χ0) is 20.7. The molecule has 1 unspecified atom stereocenters. The normalized spacial score (nSPS) is 16.6. The van der Waals surface area contributed by atoms with E-state index >= 15 is 0 Å². The van der Waals surface area contributed by atoms with Gasteiger partial charge in [0, 0.05) is 0 Å². The molecule has 0 aliphatic heterocycles. The second kappa shape index (κ2) is 10.1. The molecule has 0 spiro atoms. The fourth-order valence-electron chi connectivity index (χ4n) is 3.20. The molecule has 0 fully saturated rings. The first-order valence-electron chi connectivity index (χ1n) is 9.41. The van der Waals surface area contributed by atoms with Crippen LogP contribution in [0, 0.1) is 0 Å². The van der Waals surface area contributed by atoms with E-state index in [-0.39, 0.29) is 0 Å². The van der Waals surface area contributed by atoms with E-state index < -0.39 is 29.8 Å². The highest BCUT2D eigenvalue weighted by Crippen LogP contribution is 2.28. The van der Waals surface area contributed by atoms with E-state index in [1.807, 2.05) is 26.0 Å². The fraction of sp³-hybridized carbons (Fsp3) is 0.304. The van der Waals surface area contributed by atoms with Crippen molar-refractivity contribution in [2.45, 2.75) is 45.0 Å². The van der Waals surface area contributed by atoms with Crippen LogP contribution in [0.4, 0.5) is 0 Å². The molecule has 2 aromatic rings. The summed E-state index contributed by atoms with van der Waals surface area (Å²) in [5, 5.41) is 52.3. The molecule has 5 N–H and O–H groups in total. The van der Waals surface area contributed by atoms with Gasteiger partial charge in [0.25, 0.3) is 0 Å². The minimum absolute atomic E-state index is 0.418. The first-order valence-corrected chi connectivity index (χ1v) is 9.41. The summed E-state index contributed by atoms with van der Waals surface area (Å²) < 4.78 is 0. The summed E-state index contributed by atoms with van der Waals surface area (Å²) in [6, 6.07) is 18.0. The average Bonchev–Trinajstić information content (AvgIpc) is 2.74. The van der Waals surface area contributed by atoms with Crippen molar-refractivity contribution < 1.29 is 25.5 Å². The lowest BCUT2D eigenvalue weighted by Gasteiger charge is -2.25. The number of rotatable bonds is 8. The molecule has 0 saturated carbocycles. The van der Waals surface area contributed by atoms with Gasteiger partial charge >= 0.3 is 0 Å². The van der Waals surface area contributed by atoms with Crippen LogP contribution in [0.15, 0.2) is 72.2 Å². The van der Waals surface area contributed by atoms with E-state index in [4.69, 9.17) is 0 Å². The van der Waals surface area contributed by atoms with Crippen molar-refractivity contribution in [2.24, 2.45) is 0 Å². The van der Waals surface area contributed by atoms with Gasteiger partial charge in [-0.05, 0) is 35.1 Å².